The molecular weight excluding hydrogens is 262 g/mol. The maximum atomic E-state index is 12.3. The van der Waals surface area contributed by atoms with Gasteiger partial charge < -0.3 is 15.8 Å². The van der Waals surface area contributed by atoms with Crippen molar-refractivity contribution in [1.82, 2.24) is 5.32 Å². The molecule has 1 aliphatic rings. The largest absolute Gasteiger partial charge is 0.393 e. The molecule has 1 aromatic rings. The first-order valence-corrected chi connectivity index (χ1v) is 6.32. The van der Waals surface area contributed by atoms with Crippen LogP contribution in [0.1, 0.15) is 30.6 Å². The molecule has 1 aliphatic heterocycles. The highest BCUT2D eigenvalue weighted by molar-refractivity contribution is 6.01. The number of nitrogens with two attached hydrogens (primary N) is 1. The average molecular weight is 279 g/mol. The number of carbonyl (C=O) groups is 1. The first kappa shape index (κ1) is 14.3. The number of benzene rings is 1. The summed E-state index contributed by atoms with van der Waals surface area (Å²) >= 11 is 0. The summed E-state index contributed by atoms with van der Waals surface area (Å²) in [5.74, 6) is -0.425. The Morgan fingerprint density at radius 1 is 1.60 bits per heavy atom. The summed E-state index contributed by atoms with van der Waals surface area (Å²) in [5.41, 5.74) is 4.94. The fraction of sp³-hybridized carbons (Fsp3) is 0.462. The van der Waals surface area contributed by atoms with E-state index in [1.54, 1.807) is 0 Å². The number of nitrogens with one attached hydrogen (secondary N) is 1. The van der Waals surface area contributed by atoms with E-state index in [1.807, 2.05) is 13.8 Å². The normalized spacial score (nSPS) is 25.4. The molecule has 7 heteroatoms. The summed E-state index contributed by atoms with van der Waals surface area (Å²) < 4.78 is 5.44. The number of ether oxygens (including phenoxy) is 1. The number of amides is 1. The van der Waals surface area contributed by atoms with E-state index in [1.165, 1.54) is 18.2 Å². The number of carbonyl (C=O) groups excluding carboxylic acids is 1. The lowest BCUT2D eigenvalue weighted by molar-refractivity contribution is -0.383. The molecular formula is C13H17N3O4. The van der Waals surface area contributed by atoms with Crippen LogP contribution in [0.3, 0.4) is 0 Å². The number of anilines is 1. The zero-order valence-electron chi connectivity index (χ0n) is 11.4. The Morgan fingerprint density at radius 3 is 2.85 bits per heavy atom. The molecule has 1 heterocycles. The first-order valence-electron chi connectivity index (χ1n) is 6.32. The third-order valence-electron chi connectivity index (χ3n) is 3.81. The Morgan fingerprint density at radius 2 is 2.30 bits per heavy atom. The summed E-state index contributed by atoms with van der Waals surface area (Å²) in [5, 5.41) is 13.7. The highest BCUT2D eigenvalue weighted by Gasteiger charge is 2.38. The molecule has 0 saturated carbocycles. The van der Waals surface area contributed by atoms with Crippen LogP contribution in [0.4, 0.5) is 11.4 Å². The Labute approximate surface area is 116 Å². The molecule has 1 fully saturated rings. The number of hydrogen-bond donors (Lipinski definition) is 2. The Kier molecular flexibility index (Phi) is 3.63. The van der Waals surface area contributed by atoms with Crippen molar-refractivity contribution in [2.24, 2.45) is 0 Å². The van der Waals surface area contributed by atoms with Crippen LogP contribution in [-0.2, 0) is 4.74 Å². The van der Waals surface area contributed by atoms with Crippen LogP contribution in [-0.4, -0.2) is 29.1 Å². The molecule has 1 amide bonds. The lowest BCUT2D eigenvalue weighted by Gasteiger charge is -2.29. The van der Waals surface area contributed by atoms with Crippen molar-refractivity contribution in [1.29, 1.82) is 0 Å². The molecule has 3 N–H and O–H groups in total. The van der Waals surface area contributed by atoms with E-state index in [9.17, 15) is 14.9 Å². The Hall–Kier alpha value is -2.15. The van der Waals surface area contributed by atoms with E-state index in [2.05, 4.69) is 5.32 Å². The maximum Gasteiger partial charge on any atom is 0.292 e. The molecule has 0 aromatic heterocycles. The van der Waals surface area contributed by atoms with Crippen molar-refractivity contribution in [2.75, 3.05) is 12.3 Å². The van der Waals surface area contributed by atoms with Crippen molar-refractivity contribution in [3.63, 3.8) is 0 Å². The molecule has 1 aromatic carbocycles. The predicted octanol–water partition coefficient (Wildman–Crippen LogP) is 1.47. The van der Waals surface area contributed by atoms with Crippen LogP contribution >= 0.6 is 0 Å². The summed E-state index contributed by atoms with van der Waals surface area (Å²) in [6.45, 7) is 4.34. The van der Waals surface area contributed by atoms with Gasteiger partial charge in [-0.15, -0.1) is 0 Å². The second kappa shape index (κ2) is 5.09. The molecule has 2 rings (SSSR count). The zero-order valence-corrected chi connectivity index (χ0v) is 11.4. The zero-order chi connectivity index (χ0) is 14.9. The summed E-state index contributed by atoms with van der Waals surface area (Å²) in [6.07, 6.45) is 0.570. The van der Waals surface area contributed by atoms with Gasteiger partial charge in [0.2, 0.25) is 0 Å². The van der Waals surface area contributed by atoms with Gasteiger partial charge in [-0.3, -0.25) is 14.9 Å². The van der Waals surface area contributed by atoms with Crippen molar-refractivity contribution in [2.45, 2.75) is 31.9 Å². The molecule has 2 unspecified atom stereocenters. The molecule has 0 spiro atoms. The van der Waals surface area contributed by atoms with E-state index in [4.69, 9.17) is 10.5 Å². The molecule has 1 saturated heterocycles. The van der Waals surface area contributed by atoms with E-state index in [0.717, 1.165) is 0 Å². The summed E-state index contributed by atoms with van der Waals surface area (Å²) in [6, 6.07) is 4.19. The smallest absolute Gasteiger partial charge is 0.292 e. The Bertz CT molecular complexity index is 561. The van der Waals surface area contributed by atoms with Crippen LogP contribution in [0.5, 0.6) is 0 Å². The SMILES string of the molecule is CC1OCCC1(C)NC(=O)c1cccc([N+](=O)[O-])c1N. The van der Waals surface area contributed by atoms with E-state index in [0.29, 0.717) is 13.0 Å². The molecule has 0 bridgehead atoms. The van der Waals surface area contributed by atoms with Gasteiger partial charge in [-0.2, -0.15) is 0 Å². The predicted molar refractivity (Wildman–Crippen MR) is 73.4 cm³/mol. The number of nitrogens with zero attached hydrogens (tertiary/aromatic N) is 1. The second-order valence-electron chi connectivity index (χ2n) is 5.13. The number of hydrogen-bond acceptors (Lipinski definition) is 5. The first-order chi connectivity index (χ1) is 9.35. The highest BCUT2D eigenvalue weighted by atomic mass is 16.6. The quantitative estimate of drug-likeness (QED) is 0.495. The number of nitro benzene ring substituents is 1. The van der Waals surface area contributed by atoms with Crippen LogP contribution in [0, 0.1) is 10.1 Å². The lowest BCUT2D eigenvalue weighted by Crippen LogP contribution is -2.50. The van der Waals surface area contributed by atoms with Gasteiger partial charge in [0.1, 0.15) is 5.69 Å². The van der Waals surface area contributed by atoms with Crippen molar-refractivity contribution in [3.05, 3.63) is 33.9 Å². The van der Waals surface area contributed by atoms with Gasteiger partial charge in [0.25, 0.3) is 11.6 Å². The van der Waals surface area contributed by atoms with Crippen molar-refractivity contribution < 1.29 is 14.5 Å². The molecule has 7 nitrogen and oxygen atoms in total. The van der Waals surface area contributed by atoms with Gasteiger partial charge in [-0.05, 0) is 26.3 Å². The fourth-order valence-electron chi connectivity index (χ4n) is 2.24. The van der Waals surface area contributed by atoms with E-state index >= 15 is 0 Å². The average Bonchev–Trinajstić information content (AvgIpc) is 2.69. The van der Waals surface area contributed by atoms with E-state index < -0.39 is 16.4 Å². The lowest BCUT2D eigenvalue weighted by atomic mass is 9.94. The van der Waals surface area contributed by atoms with E-state index in [-0.39, 0.29) is 23.0 Å². The number of para-hydroxylation sites is 1. The third-order valence-corrected chi connectivity index (χ3v) is 3.81. The van der Waals surface area contributed by atoms with Crippen LogP contribution in [0.15, 0.2) is 18.2 Å². The van der Waals surface area contributed by atoms with Crippen LogP contribution in [0.2, 0.25) is 0 Å². The van der Waals surface area contributed by atoms with Gasteiger partial charge >= 0.3 is 0 Å². The Balaban J connectivity index is 2.26. The summed E-state index contributed by atoms with van der Waals surface area (Å²) in [4.78, 5) is 22.5. The topological polar surface area (TPSA) is 107 Å². The minimum atomic E-state index is -0.602. The van der Waals surface area contributed by atoms with Crippen LogP contribution in [0.25, 0.3) is 0 Å². The van der Waals surface area contributed by atoms with Crippen LogP contribution < -0.4 is 11.1 Å². The minimum absolute atomic E-state index is 0.111. The molecule has 20 heavy (non-hydrogen) atoms. The second-order valence-corrected chi connectivity index (χ2v) is 5.13. The molecule has 0 aliphatic carbocycles. The third kappa shape index (κ3) is 2.44. The minimum Gasteiger partial charge on any atom is -0.393 e. The standard InChI is InChI=1S/C13H17N3O4/c1-8-13(2,6-7-20-8)15-12(17)9-4-3-5-10(11(9)14)16(18)19/h3-5,8H,6-7,14H2,1-2H3,(H,15,17). The van der Waals surface area contributed by atoms with Gasteiger partial charge in [0.15, 0.2) is 0 Å². The molecule has 0 radical (unpaired) electrons. The molecule has 2 atom stereocenters. The van der Waals surface area contributed by atoms with Gasteiger partial charge in [0.05, 0.1) is 22.1 Å². The maximum absolute atomic E-state index is 12.3. The highest BCUT2D eigenvalue weighted by Crippen LogP contribution is 2.28. The van der Waals surface area contributed by atoms with Gasteiger partial charge in [0, 0.05) is 12.7 Å². The number of nitro groups is 1. The monoisotopic (exact) mass is 279 g/mol. The fourth-order valence-corrected chi connectivity index (χ4v) is 2.24. The summed E-state index contributed by atoms with van der Waals surface area (Å²) in [7, 11) is 0. The van der Waals surface area contributed by atoms with Crippen molar-refractivity contribution in [3.8, 4) is 0 Å². The molecule has 108 valence electrons. The number of rotatable bonds is 3. The number of nitrogen functional groups attached to an aromatic ring is 1. The van der Waals surface area contributed by atoms with Crippen molar-refractivity contribution >= 4 is 17.3 Å². The van der Waals surface area contributed by atoms with Gasteiger partial charge in [-0.25, -0.2) is 0 Å². The van der Waals surface area contributed by atoms with Gasteiger partial charge in [-0.1, -0.05) is 6.07 Å².